The fourth-order valence-electron chi connectivity index (χ4n) is 3.19. The van der Waals surface area contributed by atoms with Crippen molar-refractivity contribution >= 4 is 17.2 Å². The van der Waals surface area contributed by atoms with Gasteiger partial charge in [-0.25, -0.2) is 4.98 Å². The second-order valence-electron chi connectivity index (χ2n) is 5.95. The van der Waals surface area contributed by atoms with E-state index in [0.29, 0.717) is 18.3 Å². The highest BCUT2D eigenvalue weighted by Crippen LogP contribution is 2.26. The van der Waals surface area contributed by atoms with Crippen molar-refractivity contribution in [2.24, 2.45) is 7.05 Å². The first-order valence-corrected chi connectivity index (χ1v) is 8.73. The maximum Gasteiger partial charge on any atom is 0.272 e. The molecule has 2 heterocycles. The van der Waals surface area contributed by atoms with Crippen LogP contribution in [0.2, 0.25) is 0 Å². The summed E-state index contributed by atoms with van der Waals surface area (Å²) in [6.07, 6.45) is 7.67. The smallest absolute Gasteiger partial charge is 0.272 e. The lowest BCUT2D eigenvalue weighted by Gasteiger charge is -2.33. The van der Waals surface area contributed by atoms with Gasteiger partial charge in [0.1, 0.15) is 10.7 Å². The molecule has 22 heavy (non-hydrogen) atoms. The molecule has 6 heteroatoms. The number of aromatic nitrogens is 3. The number of carbonyl (C=O) groups is 1. The van der Waals surface area contributed by atoms with Gasteiger partial charge in [-0.05, 0) is 25.8 Å². The van der Waals surface area contributed by atoms with E-state index in [4.69, 9.17) is 0 Å². The van der Waals surface area contributed by atoms with Gasteiger partial charge in [-0.1, -0.05) is 19.3 Å². The lowest BCUT2D eigenvalue weighted by Crippen LogP contribution is -2.41. The fraction of sp³-hybridized carbons (Fsp3) is 0.562. The van der Waals surface area contributed by atoms with Gasteiger partial charge in [-0.3, -0.25) is 9.48 Å². The van der Waals surface area contributed by atoms with Gasteiger partial charge in [0.05, 0.1) is 12.2 Å². The number of nitrogens with zero attached hydrogens (tertiary/aromatic N) is 4. The van der Waals surface area contributed by atoms with Gasteiger partial charge >= 0.3 is 0 Å². The summed E-state index contributed by atoms with van der Waals surface area (Å²) in [6, 6.07) is 2.19. The van der Waals surface area contributed by atoms with E-state index < -0.39 is 0 Å². The quantitative estimate of drug-likeness (QED) is 0.870. The molecule has 0 N–H and O–H groups in total. The number of hydrogen-bond donors (Lipinski definition) is 0. The number of thiazole rings is 1. The molecule has 0 atom stereocenters. The first-order valence-electron chi connectivity index (χ1n) is 7.85. The molecule has 0 saturated heterocycles. The van der Waals surface area contributed by atoms with Gasteiger partial charge in [0.25, 0.3) is 5.91 Å². The minimum absolute atomic E-state index is 0.0743. The lowest BCUT2D eigenvalue weighted by atomic mass is 9.94. The number of hydrogen-bond acceptors (Lipinski definition) is 4. The monoisotopic (exact) mass is 318 g/mol. The maximum atomic E-state index is 13.0. The van der Waals surface area contributed by atoms with Crippen molar-refractivity contribution in [2.45, 2.75) is 51.6 Å². The average molecular weight is 318 g/mol. The number of rotatable bonds is 4. The van der Waals surface area contributed by atoms with Gasteiger partial charge in [0.2, 0.25) is 0 Å². The summed E-state index contributed by atoms with van der Waals surface area (Å²) in [5, 5.41) is 7.28. The molecular weight excluding hydrogens is 296 g/mol. The molecule has 1 amide bonds. The van der Waals surface area contributed by atoms with Crippen LogP contribution in [-0.2, 0) is 13.6 Å². The highest BCUT2D eigenvalue weighted by molar-refractivity contribution is 7.09. The molecule has 118 valence electrons. The van der Waals surface area contributed by atoms with Crippen LogP contribution in [0.5, 0.6) is 0 Å². The van der Waals surface area contributed by atoms with Crippen LogP contribution < -0.4 is 0 Å². The number of carbonyl (C=O) groups excluding carboxylic acids is 1. The van der Waals surface area contributed by atoms with Crippen LogP contribution in [0.1, 0.15) is 53.3 Å². The van der Waals surface area contributed by atoms with Crippen LogP contribution in [0.25, 0.3) is 0 Å². The highest BCUT2D eigenvalue weighted by atomic mass is 32.1. The van der Waals surface area contributed by atoms with Crippen LogP contribution in [0.15, 0.2) is 17.6 Å². The van der Waals surface area contributed by atoms with Crippen molar-refractivity contribution in [1.82, 2.24) is 19.7 Å². The van der Waals surface area contributed by atoms with Crippen LogP contribution in [-0.4, -0.2) is 31.6 Å². The van der Waals surface area contributed by atoms with E-state index in [0.717, 1.165) is 23.5 Å². The zero-order chi connectivity index (χ0) is 15.5. The Hall–Kier alpha value is -1.69. The molecule has 5 nitrogen and oxygen atoms in total. The molecule has 0 spiro atoms. The van der Waals surface area contributed by atoms with Gasteiger partial charge in [0.15, 0.2) is 0 Å². The van der Waals surface area contributed by atoms with Gasteiger partial charge in [-0.2, -0.15) is 5.10 Å². The molecular formula is C16H22N4OS. The third-order valence-electron chi connectivity index (χ3n) is 4.29. The maximum absolute atomic E-state index is 13.0. The second-order valence-corrected chi connectivity index (χ2v) is 6.92. The van der Waals surface area contributed by atoms with Crippen molar-refractivity contribution in [1.29, 1.82) is 0 Å². The minimum Gasteiger partial charge on any atom is -0.328 e. The van der Waals surface area contributed by atoms with Crippen molar-refractivity contribution in [3.8, 4) is 0 Å². The summed E-state index contributed by atoms with van der Waals surface area (Å²) in [6.45, 7) is 2.52. The highest BCUT2D eigenvalue weighted by Gasteiger charge is 2.28. The van der Waals surface area contributed by atoms with E-state index in [2.05, 4.69) is 10.1 Å². The number of amides is 1. The summed E-state index contributed by atoms with van der Waals surface area (Å²) < 4.78 is 1.69. The Kier molecular flexibility index (Phi) is 4.57. The summed E-state index contributed by atoms with van der Waals surface area (Å²) in [5.41, 5.74) is 1.54. The summed E-state index contributed by atoms with van der Waals surface area (Å²) in [5.74, 6) is 0.0743. The summed E-state index contributed by atoms with van der Waals surface area (Å²) in [7, 11) is 1.84. The molecule has 0 aliphatic heterocycles. The molecule has 1 saturated carbocycles. The minimum atomic E-state index is 0.0743. The largest absolute Gasteiger partial charge is 0.328 e. The van der Waals surface area contributed by atoms with Gasteiger partial charge < -0.3 is 4.90 Å². The molecule has 1 aliphatic rings. The Morgan fingerprint density at radius 3 is 2.77 bits per heavy atom. The Balaban J connectivity index is 1.86. The molecule has 3 rings (SSSR count). The van der Waals surface area contributed by atoms with E-state index in [1.54, 1.807) is 22.2 Å². The van der Waals surface area contributed by atoms with Gasteiger partial charge in [0, 0.05) is 24.7 Å². The van der Waals surface area contributed by atoms with Crippen molar-refractivity contribution in [3.05, 3.63) is 34.0 Å². The first kappa shape index (κ1) is 15.2. The van der Waals surface area contributed by atoms with Crippen LogP contribution in [0, 0.1) is 6.92 Å². The molecule has 0 unspecified atom stereocenters. The van der Waals surface area contributed by atoms with Crippen LogP contribution >= 0.6 is 11.3 Å². The third kappa shape index (κ3) is 3.21. The zero-order valence-electron chi connectivity index (χ0n) is 13.2. The lowest BCUT2D eigenvalue weighted by molar-refractivity contribution is 0.0602. The Morgan fingerprint density at radius 1 is 1.41 bits per heavy atom. The predicted molar refractivity (Wildman–Crippen MR) is 86.8 cm³/mol. The van der Waals surface area contributed by atoms with E-state index in [-0.39, 0.29) is 5.91 Å². The molecule has 0 radical (unpaired) electrons. The SMILES string of the molecule is Cc1cc(C(=O)N(Cc2nccs2)C2CCCCC2)n(C)n1. The second kappa shape index (κ2) is 6.60. The zero-order valence-corrected chi connectivity index (χ0v) is 14.0. The van der Waals surface area contributed by atoms with Crippen LogP contribution in [0.4, 0.5) is 0 Å². The Morgan fingerprint density at radius 2 is 2.18 bits per heavy atom. The first-order chi connectivity index (χ1) is 10.6. The normalized spacial score (nSPS) is 15.9. The molecule has 0 bridgehead atoms. The third-order valence-corrected chi connectivity index (χ3v) is 5.05. The number of aryl methyl sites for hydroxylation is 2. The van der Waals surface area contributed by atoms with E-state index in [1.807, 2.05) is 30.3 Å². The molecule has 0 aromatic carbocycles. The van der Waals surface area contributed by atoms with Crippen molar-refractivity contribution < 1.29 is 4.79 Å². The Labute approximate surface area is 135 Å². The van der Waals surface area contributed by atoms with Crippen LogP contribution in [0.3, 0.4) is 0 Å². The van der Waals surface area contributed by atoms with E-state index >= 15 is 0 Å². The fourth-order valence-corrected chi connectivity index (χ4v) is 3.81. The molecule has 1 fully saturated rings. The van der Waals surface area contributed by atoms with E-state index in [1.165, 1.54) is 19.3 Å². The van der Waals surface area contributed by atoms with Crippen molar-refractivity contribution in [3.63, 3.8) is 0 Å². The Bertz CT molecular complexity index is 629. The molecule has 2 aromatic heterocycles. The summed E-state index contributed by atoms with van der Waals surface area (Å²) >= 11 is 1.61. The predicted octanol–water partition coefficient (Wildman–Crippen LogP) is 3.16. The molecule has 1 aliphatic carbocycles. The van der Waals surface area contributed by atoms with E-state index in [9.17, 15) is 4.79 Å². The topological polar surface area (TPSA) is 51.0 Å². The average Bonchev–Trinajstić information content (AvgIpc) is 3.14. The standard InChI is InChI=1S/C16H22N4OS/c1-12-10-14(19(2)18-12)16(21)20(11-15-17-8-9-22-15)13-6-4-3-5-7-13/h8-10,13H,3-7,11H2,1-2H3. The molecule has 2 aromatic rings. The summed E-state index contributed by atoms with van der Waals surface area (Å²) in [4.78, 5) is 19.4. The van der Waals surface area contributed by atoms with Crippen molar-refractivity contribution in [2.75, 3.05) is 0 Å². The van der Waals surface area contributed by atoms with Gasteiger partial charge in [-0.15, -0.1) is 11.3 Å².